The molecule has 0 unspecified atom stereocenters. The van der Waals surface area contributed by atoms with Crippen molar-refractivity contribution in [2.24, 2.45) is 0 Å². The van der Waals surface area contributed by atoms with E-state index in [-0.39, 0.29) is 5.97 Å². The average Bonchev–Trinajstić information content (AvgIpc) is 2.67. The van der Waals surface area contributed by atoms with Gasteiger partial charge >= 0.3 is 5.97 Å². The van der Waals surface area contributed by atoms with Gasteiger partial charge in [0.05, 0.1) is 18.2 Å². The number of ether oxygens (including phenoxy) is 1. The van der Waals surface area contributed by atoms with Crippen LogP contribution in [0.1, 0.15) is 50.2 Å². The van der Waals surface area contributed by atoms with Crippen LogP contribution < -0.4 is 0 Å². The van der Waals surface area contributed by atoms with Crippen LogP contribution >= 0.6 is 0 Å². The van der Waals surface area contributed by atoms with Crippen LogP contribution in [0.3, 0.4) is 0 Å². The van der Waals surface area contributed by atoms with Gasteiger partial charge in [-0.25, -0.2) is 0 Å². The quantitative estimate of drug-likeness (QED) is 0.462. The third kappa shape index (κ3) is 6.43. The van der Waals surface area contributed by atoms with E-state index in [1.54, 1.807) is 0 Å². The molecule has 3 heteroatoms. The molecular formula is C22H25NO2. The van der Waals surface area contributed by atoms with E-state index in [0.717, 1.165) is 37.7 Å². The molecule has 0 heterocycles. The Labute approximate surface area is 150 Å². The van der Waals surface area contributed by atoms with Crippen LogP contribution in [-0.4, -0.2) is 12.6 Å². The summed E-state index contributed by atoms with van der Waals surface area (Å²) in [6.07, 6.45) is 5.88. The van der Waals surface area contributed by atoms with Crippen molar-refractivity contribution in [1.82, 2.24) is 0 Å². The summed E-state index contributed by atoms with van der Waals surface area (Å²) in [4.78, 5) is 11.0. The third-order valence-corrected chi connectivity index (χ3v) is 4.21. The third-order valence-electron chi connectivity index (χ3n) is 4.21. The molecule has 0 amide bonds. The fourth-order valence-electron chi connectivity index (χ4n) is 2.67. The normalized spacial score (nSPS) is 10.2. The second-order valence-corrected chi connectivity index (χ2v) is 6.12. The number of benzene rings is 2. The molecule has 0 aliphatic rings. The minimum atomic E-state index is -0.109. The first-order valence-electron chi connectivity index (χ1n) is 8.98. The molecule has 0 aliphatic carbocycles. The van der Waals surface area contributed by atoms with Gasteiger partial charge in [-0.05, 0) is 48.1 Å². The molecule has 0 aromatic heterocycles. The van der Waals surface area contributed by atoms with E-state index in [1.165, 1.54) is 11.1 Å². The van der Waals surface area contributed by atoms with Crippen molar-refractivity contribution in [2.75, 3.05) is 6.61 Å². The van der Waals surface area contributed by atoms with E-state index in [2.05, 4.69) is 30.3 Å². The summed E-state index contributed by atoms with van der Waals surface area (Å²) in [5.41, 5.74) is 4.33. The number of aryl methyl sites for hydroxylation is 1. The van der Waals surface area contributed by atoms with Crippen LogP contribution in [0.4, 0.5) is 0 Å². The molecule has 130 valence electrons. The molecule has 3 nitrogen and oxygen atoms in total. The molecule has 0 aliphatic heterocycles. The SMILES string of the molecule is CCC(=O)OCCCCCCc1ccc(-c2ccc(C#N)cc2)cc1. The average molecular weight is 335 g/mol. The molecule has 2 aromatic carbocycles. The van der Waals surface area contributed by atoms with Crippen molar-refractivity contribution < 1.29 is 9.53 Å². The molecular weight excluding hydrogens is 310 g/mol. The number of esters is 1. The molecule has 0 bridgehead atoms. The van der Waals surface area contributed by atoms with Gasteiger partial charge in [0, 0.05) is 6.42 Å². The maximum absolute atomic E-state index is 11.0. The van der Waals surface area contributed by atoms with Gasteiger partial charge in [-0.2, -0.15) is 5.26 Å². The highest BCUT2D eigenvalue weighted by Crippen LogP contribution is 2.21. The van der Waals surface area contributed by atoms with E-state index in [1.807, 2.05) is 31.2 Å². The van der Waals surface area contributed by atoms with Gasteiger partial charge in [0.25, 0.3) is 0 Å². The zero-order valence-corrected chi connectivity index (χ0v) is 14.8. The molecule has 2 rings (SSSR count). The van der Waals surface area contributed by atoms with Crippen molar-refractivity contribution in [3.63, 3.8) is 0 Å². The van der Waals surface area contributed by atoms with E-state index < -0.39 is 0 Å². The van der Waals surface area contributed by atoms with Gasteiger partial charge in [0.2, 0.25) is 0 Å². The lowest BCUT2D eigenvalue weighted by atomic mass is 10.0. The highest BCUT2D eigenvalue weighted by atomic mass is 16.5. The lowest BCUT2D eigenvalue weighted by molar-refractivity contribution is -0.143. The highest BCUT2D eigenvalue weighted by molar-refractivity contribution is 5.68. The summed E-state index contributed by atoms with van der Waals surface area (Å²) in [6, 6.07) is 18.4. The fourth-order valence-corrected chi connectivity index (χ4v) is 2.67. The van der Waals surface area contributed by atoms with Crippen molar-refractivity contribution in [3.05, 3.63) is 59.7 Å². The molecule has 0 saturated carbocycles. The summed E-state index contributed by atoms with van der Waals surface area (Å²) in [5.74, 6) is -0.109. The van der Waals surface area contributed by atoms with Gasteiger partial charge in [0.15, 0.2) is 0 Å². The first kappa shape index (κ1) is 18.7. The Hall–Kier alpha value is -2.60. The lowest BCUT2D eigenvalue weighted by Crippen LogP contribution is -2.03. The smallest absolute Gasteiger partial charge is 0.305 e. The second kappa shape index (κ2) is 10.3. The molecule has 2 aromatic rings. The zero-order valence-electron chi connectivity index (χ0n) is 14.8. The predicted octanol–water partition coefficient (Wildman–Crippen LogP) is 5.28. The van der Waals surface area contributed by atoms with Gasteiger partial charge in [0.1, 0.15) is 0 Å². The van der Waals surface area contributed by atoms with E-state index in [9.17, 15) is 4.79 Å². The summed E-state index contributed by atoms with van der Waals surface area (Å²) in [6.45, 7) is 2.36. The molecule has 0 saturated heterocycles. The van der Waals surface area contributed by atoms with Gasteiger partial charge < -0.3 is 4.74 Å². The van der Waals surface area contributed by atoms with Crippen LogP contribution in [0.15, 0.2) is 48.5 Å². The molecule has 0 fully saturated rings. The number of hydrogen-bond donors (Lipinski definition) is 0. The van der Waals surface area contributed by atoms with Crippen molar-refractivity contribution >= 4 is 5.97 Å². The highest BCUT2D eigenvalue weighted by Gasteiger charge is 2.00. The maximum atomic E-state index is 11.0. The van der Waals surface area contributed by atoms with Gasteiger partial charge in [-0.1, -0.05) is 56.2 Å². The monoisotopic (exact) mass is 335 g/mol. The number of carbonyl (C=O) groups is 1. The Morgan fingerprint density at radius 3 is 2.12 bits per heavy atom. The Morgan fingerprint density at radius 1 is 0.920 bits per heavy atom. The number of unbranched alkanes of at least 4 members (excludes halogenated alkanes) is 3. The fraction of sp³-hybridized carbons (Fsp3) is 0.364. The molecule has 0 spiro atoms. The molecule has 0 atom stereocenters. The van der Waals surface area contributed by atoms with E-state index in [0.29, 0.717) is 18.6 Å². The van der Waals surface area contributed by atoms with Gasteiger partial charge in [-0.3, -0.25) is 4.79 Å². The lowest BCUT2D eigenvalue weighted by Gasteiger charge is -2.06. The van der Waals surface area contributed by atoms with Crippen LogP contribution in [0.2, 0.25) is 0 Å². The van der Waals surface area contributed by atoms with Crippen molar-refractivity contribution in [3.8, 4) is 17.2 Å². The van der Waals surface area contributed by atoms with Crippen LogP contribution in [0.5, 0.6) is 0 Å². The number of rotatable bonds is 9. The van der Waals surface area contributed by atoms with Crippen molar-refractivity contribution in [2.45, 2.75) is 45.4 Å². The summed E-state index contributed by atoms with van der Waals surface area (Å²) in [5, 5.41) is 8.85. The molecule has 0 N–H and O–H groups in total. The molecule has 25 heavy (non-hydrogen) atoms. The zero-order chi connectivity index (χ0) is 17.9. The number of hydrogen-bond acceptors (Lipinski definition) is 3. The standard InChI is InChI=1S/C22H25NO2/c1-2-22(24)25-16-6-4-3-5-7-18-8-12-20(13-9-18)21-14-10-19(17-23)11-15-21/h8-15H,2-7,16H2,1H3. The number of nitriles is 1. The largest absolute Gasteiger partial charge is 0.466 e. The van der Waals surface area contributed by atoms with Crippen LogP contribution in [-0.2, 0) is 16.0 Å². The molecule has 0 radical (unpaired) electrons. The summed E-state index contributed by atoms with van der Waals surface area (Å²) >= 11 is 0. The summed E-state index contributed by atoms with van der Waals surface area (Å²) < 4.78 is 5.07. The first-order valence-corrected chi connectivity index (χ1v) is 8.98. The first-order chi connectivity index (χ1) is 12.2. The van der Waals surface area contributed by atoms with Crippen molar-refractivity contribution in [1.29, 1.82) is 5.26 Å². The number of nitrogens with zero attached hydrogens (tertiary/aromatic N) is 1. The Bertz CT molecular complexity index is 696. The maximum Gasteiger partial charge on any atom is 0.305 e. The second-order valence-electron chi connectivity index (χ2n) is 6.12. The minimum Gasteiger partial charge on any atom is -0.466 e. The van der Waals surface area contributed by atoms with Gasteiger partial charge in [-0.15, -0.1) is 0 Å². The van der Waals surface area contributed by atoms with Crippen LogP contribution in [0.25, 0.3) is 11.1 Å². The summed E-state index contributed by atoms with van der Waals surface area (Å²) in [7, 11) is 0. The Morgan fingerprint density at radius 2 is 1.52 bits per heavy atom. The van der Waals surface area contributed by atoms with E-state index in [4.69, 9.17) is 10.00 Å². The number of carbonyl (C=O) groups excluding carboxylic acids is 1. The minimum absolute atomic E-state index is 0.109. The topological polar surface area (TPSA) is 50.1 Å². The van der Waals surface area contributed by atoms with E-state index >= 15 is 0 Å². The Balaban J connectivity index is 1.70. The Kier molecular flexibility index (Phi) is 7.72. The van der Waals surface area contributed by atoms with Crippen LogP contribution in [0, 0.1) is 11.3 Å². The predicted molar refractivity (Wildman–Crippen MR) is 100 cm³/mol.